The van der Waals surface area contributed by atoms with Gasteiger partial charge in [-0.1, -0.05) is 11.6 Å². The number of rotatable bonds is 8. The van der Waals surface area contributed by atoms with E-state index in [1.165, 1.54) is 18.4 Å². The monoisotopic (exact) mass is 340 g/mol. The van der Waals surface area contributed by atoms with Crippen LogP contribution >= 0.6 is 0 Å². The molecule has 24 heavy (non-hydrogen) atoms. The van der Waals surface area contributed by atoms with Crippen molar-refractivity contribution in [3.05, 3.63) is 11.6 Å². The lowest BCUT2D eigenvalue weighted by Gasteiger charge is -2.27. The molecule has 1 aliphatic heterocycles. The van der Waals surface area contributed by atoms with Crippen molar-refractivity contribution in [1.82, 2.24) is 10.6 Å². The highest BCUT2D eigenvalue weighted by molar-refractivity contribution is 6.35. The summed E-state index contributed by atoms with van der Waals surface area (Å²) in [4.78, 5) is 23.8. The molecule has 136 valence electrons. The summed E-state index contributed by atoms with van der Waals surface area (Å²) in [7, 11) is 0. The molecule has 0 saturated carbocycles. The van der Waals surface area contributed by atoms with Crippen molar-refractivity contribution in [2.24, 2.45) is 0 Å². The number of aliphatic hydroxyl groups is 1. The quantitative estimate of drug-likeness (QED) is 0.435. The summed E-state index contributed by atoms with van der Waals surface area (Å²) in [6, 6.07) is 0. The van der Waals surface area contributed by atoms with E-state index in [9.17, 15) is 9.59 Å². The average molecular weight is 340 g/mol. The lowest BCUT2D eigenvalue weighted by atomic mass is 9.97. The van der Waals surface area contributed by atoms with Crippen LogP contribution in [0.25, 0.3) is 0 Å². The van der Waals surface area contributed by atoms with Gasteiger partial charge in [0.1, 0.15) is 5.60 Å². The zero-order valence-electron chi connectivity index (χ0n) is 14.1. The van der Waals surface area contributed by atoms with Crippen LogP contribution in [0.15, 0.2) is 11.6 Å². The van der Waals surface area contributed by atoms with Gasteiger partial charge in [0.25, 0.3) is 0 Å². The first-order valence-electron chi connectivity index (χ1n) is 8.72. The van der Waals surface area contributed by atoms with E-state index in [1.807, 2.05) is 0 Å². The smallest absolute Gasteiger partial charge is 0.309 e. The van der Waals surface area contributed by atoms with Gasteiger partial charge in [-0.05, 0) is 32.1 Å². The second kappa shape index (κ2) is 9.76. The molecule has 0 spiro atoms. The van der Waals surface area contributed by atoms with Crippen molar-refractivity contribution in [3.8, 4) is 0 Å². The zero-order valence-corrected chi connectivity index (χ0v) is 14.1. The molecule has 3 N–H and O–H groups in total. The van der Waals surface area contributed by atoms with Gasteiger partial charge in [-0.15, -0.1) is 0 Å². The van der Waals surface area contributed by atoms with Gasteiger partial charge in [0.05, 0.1) is 19.8 Å². The number of hydrogen-bond donors (Lipinski definition) is 3. The summed E-state index contributed by atoms with van der Waals surface area (Å²) in [5.74, 6) is -1.28. The Bertz CT molecular complexity index is 458. The highest BCUT2D eigenvalue weighted by Crippen LogP contribution is 2.22. The summed E-state index contributed by atoms with van der Waals surface area (Å²) >= 11 is 0. The third kappa shape index (κ3) is 5.89. The van der Waals surface area contributed by atoms with Crippen molar-refractivity contribution in [2.45, 2.75) is 44.1 Å². The molecule has 0 radical (unpaired) electrons. The fourth-order valence-corrected chi connectivity index (χ4v) is 3.03. The molecule has 0 aromatic rings. The third-order valence-electron chi connectivity index (χ3n) is 4.46. The van der Waals surface area contributed by atoms with Crippen molar-refractivity contribution in [3.63, 3.8) is 0 Å². The predicted octanol–water partition coefficient (Wildman–Crippen LogP) is 0.277. The molecule has 1 atom stereocenters. The van der Waals surface area contributed by atoms with Gasteiger partial charge >= 0.3 is 11.8 Å². The molecule has 0 bridgehead atoms. The Hall–Kier alpha value is -1.44. The van der Waals surface area contributed by atoms with Crippen LogP contribution in [-0.4, -0.2) is 62.0 Å². The Morgan fingerprint density at radius 3 is 2.79 bits per heavy atom. The van der Waals surface area contributed by atoms with Crippen molar-refractivity contribution in [2.75, 3.05) is 39.5 Å². The van der Waals surface area contributed by atoms with E-state index in [0.717, 1.165) is 19.3 Å². The topological polar surface area (TPSA) is 96.9 Å². The van der Waals surface area contributed by atoms with Gasteiger partial charge in [0.15, 0.2) is 0 Å². The number of hydrogen-bond acceptors (Lipinski definition) is 5. The van der Waals surface area contributed by atoms with E-state index in [0.29, 0.717) is 26.2 Å². The fraction of sp³-hybridized carbons (Fsp3) is 0.765. The molecule has 1 fully saturated rings. The highest BCUT2D eigenvalue weighted by Gasteiger charge is 2.36. The van der Waals surface area contributed by atoms with E-state index in [2.05, 4.69) is 16.7 Å². The van der Waals surface area contributed by atoms with Crippen LogP contribution in [-0.2, 0) is 19.1 Å². The third-order valence-corrected chi connectivity index (χ3v) is 4.46. The molecular weight excluding hydrogens is 312 g/mol. The SMILES string of the molecule is O=C(NCCC1=CCCCC1)C(=O)NCC1(OCCO)CCOC1. The Labute approximate surface area is 142 Å². The number of allylic oxidation sites excluding steroid dienone is 1. The summed E-state index contributed by atoms with van der Waals surface area (Å²) in [5.41, 5.74) is 0.715. The first-order valence-corrected chi connectivity index (χ1v) is 8.72. The van der Waals surface area contributed by atoms with Crippen molar-refractivity contribution in [1.29, 1.82) is 0 Å². The maximum atomic E-state index is 11.9. The van der Waals surface area contributed by atoms with E-state index < -0.39 is 17.4 Å². The van der Waals surface area contributed by atoms with Crippen LogP contribution in [0.2, 0.25) is 0 Å². The molecule has 1 saturated heterocycles. The van der Waals surface area contributed by atoms with E-state index in [-0.39, 0.29) is 19.8 Å². The van der Waals surface area contributed by atoms with Crippen LogP contribution in [0, 0.1) is 0 Å². The lowest BCUT2D eigenvalue weighted by Crippen LogP contribution is -2.49. The standard InChI is InChI=1S/C17H28N2O5/c20-9-11-24-17(7-10-23-13-17)12-19-16(22)15(21)18-8-6-14-4-2-1-3-5-14/h4,20H,1-3,5-13H2,(H,18,21)(H,19,22). The Kier molecular flexibility index (Phi) is 7.68. The maximum absolute atomic E-state index is 11.9. The van der Waals surface area contributed by atoms with Gasteiger partial charge in [0.2, 0.25) is 0 Å². The van der Waals surface area contributed by atoms with Gasteiger partial charge in [-0.25, -0.2) is 0 Å². The molecule has 0 aromatic carbocycles. The van der Waals surface area contributed by atoms with Crippen LogP contribution in [0.5, 0.6) is 0 Å². The number of carbonyl (C=O) groups is 2. The first kappa shape index (κ1) is 18.9. The number of nitrogens with one attached hydrogen (secondary N) is 2. The van der Waals surface area contributed by atoms with Gasteiger partial charge < -0.3 is 25.2 Å². The second-order valence-electron chi connectivity index (χ2n) is 6.35. The molecule has 1 unspecified atom stereocenters. The number of aliphatic hydroxyl groups excluding tert-OH is 1. The Balaban J connectivity index is 1.68. The molecule has 7 heteroatoms. The van der Waals surface area contributed by atoms with E-state index >= 15 is 0 Å². The lowest BCUT2D eigenvalue weighted by molar-refractivity contribution is -0.140. The summed E-state index contributed by atoms with van der Waals surface area (Å²) in [5, 5.41) is 14.2. The number of amides is 2. The summed E-state index contributed by atoms with van der Waals surface area (Å²) in [6.45, 7) is 1.66. The van der Waals surface area contributed by atoms with Crippen molar-refractivity contribution < 1.29 is 24.2 Å². The molecule has 7 nitrogen and oxygen atoms in total. The molecule has 2 amide bonds. The number of ether oxygens (including phenoxy) is 2. The van der Waals surface area contributed by atoms with E-state index in [1.54, 1.807) is 0 Å². The molecule has 2 aliphatic rings. The summed E-state index contributed by atoms with van der Waals surface area (Å²) < 4.78 is 10.9. The van der Waals surface area contributed by atoms with Crippen LogP contribution < -0.4 is 10.6 Å². The normalized spacial score (nSPS) is 23.6. The van der Waals surface area contributed by atoms with Crippen LogP contribution in [0.3, 0.4) is 0 Å². The molecule has 1 heterocycles. The molecule has 0 aromatic heterocycles. The van der Waals surface area contributed by atoms with E-state index in [4.69, 9.17) is 14.6 Å². The first-order chi connectivity index (χ1) is 11.7. The minimum absolute atomic E-state index is 0.0912. The molecule has 1 aliphatic carbocycles. The fourth-order valence-electron chi connectivity index (χ4n) is 3.03. The van der Waals surface area contributed by atoms with Crippen LogP contribution in [0.4, 0.5) is 0 Å². The zero-order chi connectivity index (χ0) is 17.3. The summed E-state index contributed by atoms with van der Waals surface area (Å²) in [6.07, 6.45) is 8.31. The Morgan fingerprint density at radius 1 is 1.29 bits per heavy atom. The predicted molar refractivity (Wildman–Crippen MR) is 88.4 cm³/mol. The Morgan fingerprint density at radius 2 is 2.12 bits per heavy atom. The van der Waals surface area contributed by atoms with Gasteiger partial charge in [-0.3, -0.25) is 9.59 Å². The van der Waals surface area contributed by atoms with Crippen molar-refractivity contribution >= 4 is 11.8 Å². The van der Waals surface area contributed by atoms with Gasteiger partial charge in [-0.2, -0.15) is 0 Å². The molecular formula is C17H28N2O5. The largest absolute Gasteiger partial charge is 0.394 e. The second-order valence-corrected chi connectivity index (χ2v) is 6.35. The van der Waals surface area contributed by atoms with Crippen LogP contribution in [0.1, 0.15) is 38.5 Å². The average Bonchev–Trinajstić information content (AvgIpc) is 3.08. The maximum Gasteiger partial charge on any atom is 0.309 e. The number of carbonyl (C=O) groups excluding carboxylic acids is 2. The van der Waals surface area contributed by atoms with Gasteiger partial charge in [0, 0.05) is 26.1 Å². The minimum atomic E-state index is -0.661. The molecule has 2 rings (SSSR count). The minimum Gasteiger partial charge on any atom is -0.394 e. The highest BCUT2D eigenvalue weighted by atomic mass is 16.6.